The Morgan fingerprint density at radius 1 is 0.909 bits per heavy atom. The average molecular weight is 308 g/mol. The van der Waals surface area contributed by atoms with Crippen LogP contribution < -0.4 is 5.32 Å². The van der Waals surface area contributed by atoms with Crippen LogP contribution in [-0.4, -0.2) is 61.7 Å². The zero-order valence-corrected chi connectivity index (χ0v) is 14.7. The molecule has 0 spiro atoms. The van der Waals surface area contributed by atoms with Gasteiger partial charge in [-0.05, 0) is 64.7 Å². The maximum absolute atomic E-state index is 3.67. The monoisotopic (exact) mass is 307 g/mol. The Hall–Kier alpha value is -0.120. The first-order valence-corrected chi connectivity index (χ1v) is 9.99. The van der Waals surface area contributed by atoms with Gasteiger partial charge in [-0.3, -0.25) is 4.90 Å². The van der Waals surface area contributed by atoms with Gasteiger partial charge in [0, 0.05) is 25.2 Å². The number of likely N-dealkylation sites (tertiary alicyclic amines) is 1. The lowest BCUT2D eigenvalue weighted by Gasteiger charge is -2.44. The van der Waals surface area contributed by atoms with Gasteiger partial charge in [0.15, 0.2) is 0 Å². The molecular formula is C19H37N3. The number of hydrogen-bond acceptors (Lipinski definition) is 3. The highest BCUT2D eigenvalue weighted by atomic mass is 15.2. The van der Waals surface area contributed by atoms with Gasteiger partial charge in [0.1, 0.15) is 0 Å². The van der Waals surface area contributed by atoms with Crippen LogP contribution in [0.5, 0.6) is 0 Å². The van der Waals surface area contributed by atoms with Crippen molar-refractivity contribution in [1.29, 1.82) is 0 Å². The molecule has 0 amide bonds. The van der Waals surface area contributed by atoms with Crippen molar-refractivity contribution < 1.29 is 0 Å². The SMILES string of the molecule is CN(C1CCCCC1)C1CNCCC1CN1CCCCCC1. The standard InChI is InChI=1S/C19H37N3/c1-21(18-9-5-4-6-10-18)19-15-20-12-11-17(19)16-22-13-7-2-3-8-14-22/h17-20H,2-16H2,1H3. The van der Waals surface area contributed by atoms with Crippen LogP contribution in [-0.2, 0) is 0 Å². The van der Waals surface area contributed by atoms with E-state index in [1.165, 1.54) is 96.9 Å². The van der Waals surface area contributed by atoms with E-state index in [1.807, 2.05) is 0 Å². The van der Waals surface area contributed by atoms with Gasteiger partial charge in [-0.1, -0.05) is 32.1 Å². The molecule has 1 N–H and O–H groups in total. The number of rotatable bonds is 4. The summed E-state index contributed by atoms with van der Waals surface area (Å²) >= 11 is 0. The lowest BCUT2D eigenvalue weighted by molar-refractivity contribution is 0.0611. The largest absolute Gasteiger partial charge is 0.315 e. The van der Waals surface area contributed by atoms with Gasteiger partial charge in [0.05, 0.1) is 0 Å². The quantitative estimate of drug-likeness (QED) is 0.861. The van der Waals surface area contributed by atoms with E-state index in [4.69, 9.17) is 0 Å². The molecule has 2 saturated heterocycles. The molecule has 2 heterocycles. The highest BCUT2D eigenvalue weighted by Gasteiger charge is 2.33. The van der Waals surface area contributed by atoms with Crippen molar-refractivity contribution in [1.82, 2.24) is 15.1 Å². The summed E-state index contributed by atoms with van der Waals surface area (Å²) in [6, 6.07) is 1.62. The molecule has 2 aliphatic heterocycles. The predicted octanol–water partition coefficient (Wildman–Crippen LogP) is 3.11. The molecule has 0 bridgehead atoms. The van der Waals surface area contributed by atoms with Crippen molar-refractivity contribution in [3.63, 3.8) is 0 Å². The number of piperidine rings is 1. The minimum atomic E-state index is 0.764. The van der Waals surface area contributed by atoms with E-state index in [1.54, 1.807) is 0 Å². The Morgan fingerprint density at radius 3 is 2.32 bits per heavy atom. The maximum atomic E-state index is 3.67. The molecule has 3 rings (SSSR count). The van der Waals surface area contributed by atoms with Gasteiger partial charge >= 0.3 is 0 Å². The van der Waals surface area contributed by atoms with Crippen LogP contribution in [0.1, 0.15) is 64.2 Å². The molecule has 0 radical (unpaired) electrons. The molecule has 0 aromatic carbocycles. The summed E-state index contributed by atoms with van der Waals surface area (Å²) in [4.78, 5) is 5.55. The Labute approximate surface area is 137 Å². The maximum Gasteiger partial charge on any atom is 0.0261 e. The smallest absolute Gasteiger partial charge is 0.0261 e. The summed E-state index contributed by atoms with van der Waals surface area (Å²) in [5.41, 5.74) is 0. The Kier molecular flexibility index (Phi) is 6.58. The zero-order valence-electron chi connectivity index (χ0n) is 14.7. The number of likely N-dealkylation sites (N-methyl/N-ethyl adjacent to an activating group) is 1. The van der Waals surface area contributed by atoms with Crippen molar-refractivity contribution in [2.24, 2.45) is 5.92 Å². The van der Waals surface area contributed by atoms with Crippen LogP contribution in [0.4, 0.5) is 0 Å². The van der Waals surface area contributed by atoms with Gasteiger partial charge in [-0.15, -0.1) is 0 Å². The van der Waals surface area contributed by atoms with Gasteiger partial charge in [0.25, 0.3) is 0 Å². The summed E-state index contributed by atoms with van der Waals surface area (Å²) < 4.78 is 0. The molecule has 3 heteroatoms. The second kappa shape index (κ2) is 8.65. The Balaban J connectivity index is 1.57. The van der Waals surface area contributed by atoms with E-state index >= 15 is 0 Å². The van der Waals surface area contributed by atoms with E-state index in [2.05, 4.69) is 22.2 Å². The van der Waals surface area contributed by atoms with Crippen LogP contribution >= 0.6 is 0 Å². The van der Waals surface area contributed by atoms with Crippen LogP contribution in [0.15, 0.2) is 0 Å². The normalized spacial score (nSPS) is 33.0. The lowest BCUT2D eigenvalue weighted by Crippen LogP contribution is -2.55. The van der Waals surface area contributed by atoms with Crippen molar-refractivity contribution in [2.75, 3.05) is 39.8 Å². The second-order valence-electron chi connectivity index (χ2n) is 7.99. The number of hydrogen-bond donors (Lipinski definition) is 1. The first-order chi connectivity index (χ1) is 10.8. The van der Waals surface area contributed by atoms with Crippen molar-refractivity contribution in [3.05, 3.63) is 0 Å². The first-order valence-electron chi connectivity index (χ1n) is 9.99. The molecule has 3 nitrogen and oxygen atoms in total. The zero-order chi connectivity index (χ0) is 15.2. The summed E-state index contributed by atoms with van der Waals surface area (Å²) in [7, 11) is 2.42. The minimum absolute atomic E-state index is 0.764. The van der Waals surface area contributed by atoms with Gasteiger partial charge in [-0.2, -0.15) is 0 Å². The molecule has 2 atom stereocenters. The van der Waals surface area contributed by atoms with Crippen LogP contribution in [0.2, 0.25) is 0 Å². The highest BCUT2D eigenvalue weighted by Crippen LogP contribution is 2.28. The molecule has 3 fully saturated rings. The molecule has 1 aliphatic carbocycles. The third-order valence-corrected chi connectivity index (χ3v) is 6.45. The van der Waals surface area contributed by atoms with Crippen molar-refractivity contribution >= 4 is 0 Å². The molecular weight excluding hydrogens is 270 g/mol. The Morgan fingerprint density at radius 2 is 1.59 bits per heavy atom. The fraction of sp³-hybridized carbons (Fsp3) is 1.00. The lowest BCUT2D eigenvalue weighted by atomic mass is 9.87. The third kappa shape index (κ3) is 4.46. The van der Waals surface area contributed by atoms with E-state index in [0.717, 1.165) is 18.0 Å². The van der Waals surface area contributed by atoms with E-state index < -0.39 is 0 Å². The van der Waals surface area contributed by atoms with Crippen LogP contribution in [0.25, 0.3) is 0 Å². The predicted molar refractivity (Wildman–Crippen MR) is 94.3 cm³/mol. The molecule has 22 heavy (non-hydrogen) atoms. The number of nitrogens with one attached hydrogen (secondary N) is 1. The Bertz CT molecular complexity index is 306. The first kappa shape index (κ1) is 16.7. The highest BCUT2D eigenvalue weighted by molar-refractivity contribution is 4.90. The van der Waals surface area contributed by atoms with Gasteiger partial charge in [-0.25, -0.2) is 0 Å². The number of nitrogens with zero attached hydrogens (tertiary/aromatic N) is 2. The minimum Gasteiger partial charge on any atom is -0.315 e. The van der Waals surface area contributed by atoms with Crippen molar-refractivity contribution in [3.8, 4) is 0 Å². The summed E-state index contributed by atoms with van der Waals surface area (Å²) in [6.45, 7) is 6.50. The van der Waals surface area contributed by atoms with E-state index in [9.17, 15) is 0 Å². The van der Waals surface area contributed by atoms with Crippen LogP contribution in [0.3, 0.4) is 0 Å². The second-order valence-corrected chi connectivity index (χ2v) is 7.99. The fourth-order valence-corrected chi connectivity index (χ4v) is 5.00. The third-order valence-electron chi connectivity index (χ3n) is 6.45. The topological polar surface area (TPSA) is 18.5 Å². The molecule has 0 aromatic rings. The molecule has 128 valence electrons. The van der Waals surface area contributed by atoms with Gasteiger partial charge in [0.2, 0.25) is 0 Å². The van der Waals surface area contributed by atoms with Crippen LogP contribution in [0, 0.1) is 5.92 Å². The summed E-state index contributed by atoms with van der Waals surface area (Å²) in [5.74, 6) is 0.881. The molecule has 2 unspecified atom stereocenters. The molecule has 0 aromatic heterocycles. The molecule has 1 saturated carbocycles. The van der Waals surface area contributed by atoms with E-state index in [0.29, 0.717) is 0 Å². The fourth-order valence-electron chi connectivity index (χ4n) is 5.00. The molecule has 3 aliphatic rings. The summed E-state index contributed by atoms with van der Waals surface area (Å²) in [6.07, 6.45) is 14.4. The van der Waals surface area contributed by atoms with Gasteiger partial charge < -0.3 is 10.2 Å². The summed E-state index contributed by atoms with van der Waals surface area (Å²) in [5, 5.41) is 3.67. The average Bonchev–Trinajstić information content (AvgIpc) is 2.84. The van der Waals surface area contributed by atoms with E-state index in [-0.39, 0.29) is 0 Å². The van der Waals surface area contributed by atoms with Crippen molar-refractivity contribution in [2.45, 2.75) is 76.3 Å².